The van der Waals surface area contributed by atoms with Crippen molar-refractivity contribution < 1.29 is 9.59 Å². The van der Waals surface area contributed by atoms with Gasteiger partial charge >= 0.3 is 0 Å². The fourth-order valence-corrected chi connectivity index (χ4v) is 3.37. The van der Waals surface area contributed by atoms with Crippen molar-refractivity contribution in [3.63, 3.8) is 0 Å². The number of nitrogens with two attached hydrogens (primary N) is 2. The highest BCUT2D eigenvalue weighted by molar-refractivity contribution is 7.14. The van der Waals surface area contributed by atoms with Crippen molar-refractivity contribution >= 4 is 28.2 Å². The molecule has 0 aromatic carbocycles. The first-order valence-electron chi connectivity index (χ1n) is 6.62. The van der Waals surface area contributed by atoms with Gasteiger partial charge in [-0.15, -0.1) is 11.3 Å². The van der Waals surface area contributed by atoms with E-state index in [0.29, 0.717) is 35.6 Å². The molecule has 0 spiro atoms. The van der Waals surface area contributed by atoms with Crippen LogP contribution in [0.4, 0.5) is 5.00 Å². The third-order valence-corrected chi connectivity index (χ3v) is 4.48. The molecule has 7 heteroatoms. The standard InChI is InChI=1S/C13H20N4O2S/c1-8-4-9(5-14)6-17(8)7-11(18)16-13-10(12(15)19)2-3-20-13/h2-3,8-9H,4-7,14H2,1H3,(H2,15,19)(H,16,18). The smallest absolute Gasteiger partial charge is 0.251 e. The van der Waals surface area contributed by atoms with Crippen LogP contribution in [-0.2, 0) is 4.79 Å². The molecule has 110 valence electrons. The number of thiophene rings is 1. The Hall–Kier alpha value is -1.44. The Morgan fingerprint density at radius 3 is 2.90 bits per heavy atom. The second-order valence-corrected chi connectivity index (χ2v) is 6.11. The van der Waals surface area contributed by atoms with E-state index in [-0.39, 0.29) is 5.91 Å². The van der Waals surface area contributed by atoms with E-state index in [1.54, 1.807) is 11.4 Å². The molecule has 1 aliphatic heterocycles. The number of amides is 2. The number of hydrogen-bond acceptors (Lipinski definition) is 5. The lowest BCUT2D eigenvalue weighted by Crippen LogP contribution is -2.36. The van der Waals surface area contributed by atoms with Gasteiger partial charge in [0.25, 0.3) is 5.91 Å². The first-order valence-corrected chi connectivity index (χ1v) is 7.50. The number of hydrogen-bond donors (Lipinski definition) is 3. The third kappa shape index (κ3) is 3.36. The monoisotopic (exact) mass is 296 g/mol. The van der Waals surface area contributed by atoms with E-state index in [4.69, 9.17) is 11.5 Å². The Balaban J connectivity index is 1.93. The van der Waals surface area contributed by atoms with Gasteiger partial charge in [-0.1, -0.05) is 0 Å². The average molecular weight is 296 g/mol. The normalized spacial score (nSPS) is 22.9. The Morgan fingerprint density at radius 2 is 2.30 bits per heavy atom. The molecule has 5 N–H and O–H groups in total. The van der Waals surface area contributed by atoms with Crippen LogP contribution in [0.15, 0.2) is 11.4 Å². The van der Waals surface area contributed by atoms with Gasteiger partial charge in [0.15, 0.2) is 0 Å². The van der Waals surface area contributed by atoms with Gasteiger partial charge in [0.2, 0.25) is 5.91 Å². The molecule has 2 atom stereocenters. The fourth-order valence-electron chi connectivity index (χ4n) is 2.56. The van der Waals surface area contributed by atoms with Crippen molar-refractivity contribution in [1.29, 1.82) is 0 Å². The molecule has 0 radical (unpaired) electrons. The van der Waals surface area contributed by atoms with Crippen LogP contribution >= 0.6 is 11.3 Å². The first kappa shape index (κ1) is 15.0. The predicted molar refractivity (Wildman–Crippen MR) is 79.7 cm³/mol. The number of carbonyl (C=O) groups excluding carboxylic acids is 2. The second kappa shape index (κ2) is 6.34. The largest absolute Gasteiger partial charge is 0.366 e. The van der Waals surface area contributed by atoms with Gasteiger partial charge in [-0.05, 0) is 37.3 Å². The minimum Gasteiger partial charge on any atom is -0.366 e. The van der Waals surface area contributed by atoms with Crippen LogP contribution in [0.5, 0.6) is 0 Å². The van der Waals surface area contributed by atoms with E-state index in [0.717, 1.165) is 13.0 Å². The zero-order valence-electron chi connectivity index (χ0n) is 11.5. The maximum Gasteiger partial charge on any atom is 0.251 e. The van der Waals surface area contributed by atoms with E-state index < -0.39 is 5.91 Å². The summed E-state index contributed by atoms with van der Waals surface area (Å²) in [6, 6.07) is 1.97. The SMILES string of the molecule is CC1CC(CN)CN1CC(=O)Nc1sccc1C(N)=O. The average Bonchev–Trinajstić information content (AvgIpc) is 2.97. The minimum atomic E-state index is -0.528. The first-order chi connectivity index (χ1) is 9.51. The topological polar surface area (TPSA) is 101 Å². The number of anilines is 1. The molecule has 0 saturated carbocycles. The van der Waals surface area contributed by atoms with Gasteiger partial charge in [0.1, 0.15) is 5.00 Å². The molecular formula is C13H20N4O2S. The molecule has 1 aliphatic rings. The van der Waals surface area contributed by atoms with Crippen LogP contribution in [-0.4, -0.2) is 42.4 Å². The lowest BCUT2D eigenvalue weighted by molar-refractivity contribution is -0.117. The van der Waals surface area contributed by atoms with Gasteiger partial charge in [-0.25, -0.2) is 0 Å². The van der Waals surface area contributed by atoms with Crippen molar-refractivity contribution in [2.75, 3.05) is 25.0 Å². The Kier molecular flexibility index (Phi) is 4.74. The summed E-state index contributed by atoms with van der Waals surface area (Å²) in [5.74, 6) is -0.195. The van der Waals surface area contributed by atoms with Crippen LogP contribution in [0.3, 0.4) is 0 Å². The summed E-state index contributed by atoms with van der Waals surface area (Å²) in [6.45, 7) is 3.91. The molecule has 2 heterocycles. The van der Waals surface area contributed by atoms with E-state index >= 15 is 0 Å². The van der Waals surface area contributed by atoms with Crippen molar-refractivity contribution in [1.82, 2.24) is 4.90 Å². The van der Waals surface area contributed by atoms with Crippen LogP contribution < -0.4 is 16.8 Å². The molecule has 6 nitrogen and oxygen atoms in total. The van der Waals surface area contributed by atoms with E-state index in [1.807, 2.05) is 0 Å². The molecule has 2 amide bonds. The van der Waals surface area contributed by atoms with Crippen LogP contribution in [0.2, 0.25) is 0 Å². The summed E-state index contributed by atoms with van der Waals surface area (Å²) in [4.78, 5) is 25.4. The van der Waals surface area contributed by atoms with E-state index in [2.05, 4.69) is 17.1 Å². The number of likely N-dealkylation sites (tertiary alicyclic amines) is 1. The van der Waals surface area contributed by atoms with Crippen molar-refractivity contribution in [2.24, 2.45) is 17.4 Å². The van der Waals surface area contributed by atoms with E-state index in [9.17, 15) is 9.59 Å². The second-order valence-electron chi connectivity index (χ2n) is 5.19. The highest BCUT2D eigenvalue weighted by Crippen LogP contribution is 2.24. The Bertz CT molecular complexity index is 502. The lowest BCUT2D eigenvalue weighted by Gasteiger charge is -2.20. The molecular weight excluding hydrogens is 276 g/mol. The molecule has 1 fully saturated rings. The zero-order valence-corrected chi connectivity index (χ0v) is 12.3. The number of carbonyl (C=O) groups is 2. The number of rotatable bonds is 5. The van der Waals surface area contributed by atoms with Gasteiger partial charge < -0.3 is 16.8 Å². The minimum absolute atomic E-state index is 0.125. The lowest BCUT2D eigenvalue weighted by atomic mass is 10.1. The number of nitrogens with one attached hydrogen (secondary N) is 1. The zero-order chi connectivity index (χ0) is 14.7. The molecule has 1 saturated heterocycles. The highest BCUT2D eigenvalue weighted by Gasteiger charge is 2.29. The molecule has 20 heavy (non-hydrogen) atoms. The number of nitrogens with zero attached hydrogens (tertiary/aromatic N) is 1. The summed E-state index contributed by atoms with van der Waals surface area (Å²) >= 11 is 1.30. The fraction of sp³-hybridized carbons (Fsp3) is 0.538. The number of primary amides is 1. The Labute approximate surface area is 122 Å². The van der Waals surface area contributed by atoms with Crippen LogP contribution in [0.1, 0.15) is 23.7 Å². The molecule has 0 aliphatic carbocycles. The van der Waals surface area contributed by atoms with Gasteiger partial charge in [0, 0.05) is 12.6 Å². The predicted octanol–water partition coefficient (Wildman–Crippen LogP) is 0.455. The van der Waals surface area contributed by atoms with Crippen LogP contribution in [0.25, 0.3) is 0 Å². The van der Waals surface area contributed by atoms with Gasteiger partial charge in [-0.3, -0.25) is 14.5 Å². The Morgan fingerprint density at radius 1 is 1.55 bits per heavy atom. The third-order valence-electron chi connectivity index (χ3n) is 3.65. The van der Waals surface area contributed by atoms with Crippen molar-refractivity contribution in [2.45, 2.75) is 19.4 Å². The highest BCUT2D eigenvalue weighted by atomic mass is 32.1. The molecule has 1 aromatic heterocycles. The van der Waals surface area contributed by atoms with Crippen molar-refractivity contribution in [3.05, 3.63) is 17.0 Å². The maximum atomic E-state index is 12.1. The molecule has 1 aromatic rings. The molecule has 0 bridgehead atoms. The summed E-state index contributed by atoms with van der Waals surface area (Å²) in [7, 11) is 0. The van der Waals surface area contributed by atoms with Crippen LogP contribution in [0, 0.1) is 5.92 Å². The summed E-state index contributed by atoms with van der Waals surface area (Å²) in [6.07, 6.45) is 1.02. The summed E-state index contributed by atoms with van der Waals surface area (Å²) < 4.78 is 0. The molecule has 2 rings (SSSR count). The van der Waals surface area contributed by atoms with E-state index in [1.165, 1.54) is 11.3 Å². The molecule has 2 unspecified atom stereocenters. The van der Waals surface area contributed by atoms with Gasteiger partial charge in [-0.2, -0.15) is 0 Å². The van der Waals surface area contributed by atoms with Crippen molar-refractivity contribution in [3.8, 4) is 0 Å². The summed E-state index contributed by atoms with van der Waals surface area (Å²) in [5, 5.41) is 5.01. The van der Waals surface area contributed by atoms with Gasteiger partial charge in [0.05, 0.1) is 12.1 Å². The quantitative estimate of drug-likeness (QED) is 0.734. The summed E-state index contributed by atoms with van der Waals surface area (Å²) in [5.41, 5.74) is 11.3. The maximum absolute atomic E-state index is 12.1.